The number of hydrogen-bond donors (Lipinski definition) is 3. The first kappa shape index (κ1) is 27.1. The fourth-order valence-corrected chi connectivity index (χ4v) is 5.24. The number of alkyl halides is 3. The number of nitrogens with zero attached hydrogens (tertiary/aromatic N) is 1. The number of nitrogens with one attached hydrogen (secondary N) is 3. The maximum atomic E-state index is 13.2. The van der Waals surface area contributed by atoms with E-state index in [-0.39, 0.29) is 24.6 Å². The SMILES string of the molecule is COc1c(Cl)cccc1Nc1c(-c2ccncc2OC[C@@H]2CCCO2)[nH]c2c1C(=O)NCC2CCC(F)(F)F. The van der Waals surface area contributed by atoms with Crippen LogP contribution in [0.3, 0.4) is 0 Å². The molecule has 3 N–H and O–H groups in total. The summed E-state index contributed by atoms with van der Waals surface area (Å²) in [5, 5.41) is 6.36. The predicted molar refractivity (Wildman–Crippen MR) is 140 cm³/mol. The van der Waals surface area contributed by atoms with E-state index in [1.54, 1.807) is 36.7 Å². The lowest BCUT2D eigenvalue weighted by molar-refractivity contribution is -0.136. The minimum atomic E-state index is -4.32. The highest BCUT2D eigenvalue weighted by atomic mass is 35.5. The van der Waals surface area contributed by atoms with Gasteiger partial charge in [-0.15, -0.1) is 0 Å². The Morgan fingerprint density at radius 2 is 2.13 bits per heavy atom. The zero-order valence-corrected chi connectivity index (χ0v) is 21.9. The number of para-hydroxylation sites is 1. The highest BCUT2D eigenvalue weighted by Gasteiger charge is 2.36. The zero-order valence-electron chi connectivity index (χ0n) is 21.2. The molecular weight excluding hydrogens is 537 g/mol. The third-order valence-corrected chi connectivity index (χ3v) is 7.18. The second-order valence-electron chi connectivity index (χ2n) is 9.49. The Morgan fingerprint density at radius 3 is 2.87 bits per heavy atom. The van der Waals surface area contributed by atoms with E-state index in [0.29, 0.717) is 58.1 Å². The average molecular weight is 565 g/mol. The van der Waals surface area contributed by atoms with Crippen LogP contribution in [0.1, 0.15) is 47.7 Å². The summed E-state index contributed by atoms with van der Waals surface area (Å²) in [6.07, 6.45) is -0.530. The van der Waals surface area contributed by atoms with E-state index in [1.165, 1.54) is 7.11 Å². The molecule has 39 heavy (non-hydrogen) atoms. The van der Waals surface area contributed by atoms with E-state index in [4.69, 9.17) is 25.8 Å². The van der Waals surface area contributed by atoms with Crippen molar-refractivity contribution in [3.8, 4) is 22.8 Å². The fraction of sp³-hybridized carbons (Fsp3) is 0.407. The number of benzene rings is 1. The summed E-state index contributed by atoms with van der Waals surface area (Å²) in [6, 6.07) is 6.85. The molecule has 3 aromatic rings. The molecule has 8 nitrogen and oxygen atoms in total. The summed E-state index contributed by atoms with van der Waals surface area (Å²) in [4.78, 5) is 20.7. The molecule has 1 aromatic carbocycles. The standard InChI is InChI=1S/C27H28ClF3N4O4/c1-37-25-18(28)5-2-6-19(25)34-24-21-22(15(12-33-26(21)36)7-9-27(29,30)31)35-23(24)17-8-10-32-13-20(17)39-14-16-4-3-11-38-16/h2,5-6,8,10,13,15-16,34-35H,3-4,7,9,11-12,14H2,1H3,(H,33,36)/t15?,16-/m0/s1. The molecule has 2 aliphatic heterocycles. The van der Waals surface area contributed by atoms with Gasteiger partial charge in [-0.25, -0.2) is 0 Å². The lowest BCUT2D eigenvalue weighted by atomic mass is 9.92. The zero-order chi connectivity index (χ0) is 27.6. The number of ether oxygens (including phenoxy) is 3. The number of rotatable bonds is 9. The minimum absolute atomic E-state index is 0.0410. The van der Waals surface area contributed by atoms with Crippen LogP contribution >= 0.6 is 11.6 Å². The number of anilines is 2. The van der Waals surface area contributed by atoms with Gasteiger partial charge in [-0.2, -0.15) is 13.2 Å². The summed E-state index contributed by atoms with van der Waals surface area (Å²) >= 11 is 6.34. The molecular formula is C27H28ClF3N4O4. The maximum Gasteiger partial charge on any atom is 0.389 e. The van der Waals surface area contributed by atoms with E-state index in [2.05, 4.69) is 20.6 Å². The molecule has 0 bridgehead atoms. The van der Waals surface area contributed by atoms with Gasteiger partial charge in [0.25, 0.3) is 5.91 Å². The molecule has 1 amide bonds. The molecule has 0 saturated carbocycles. The number of fused-ring (bicyclic) bond motifs is 1. The number of carbonyl (C=O) groups excluding carboxylic acids is 1. The lowest BCUT2D eigenvalue weighted by Gasteiger charge is -2.24. The van der Waals surface area contributed by atoms with Crippen molar-refractivity contribution in [1.29, 1.82) is 0 Å². The molecule has 4 heterocycles. The van der Waals surface area contributed by atoms with Crippen LogP contribution < -0.4 is 20.1 Å². The number of aromatic nitrogens is 2. The molecule has 0 aliphatic carbocycles. The average Bonchev–Trinajstić information content (AvgIpc) is 3.56. The molecule has 0 spiro atoms. The topological polar surface area (TPSA) is 97.5 Å². The molecule has 2 atom stereocenters. The third-order valence-electron chi connectivity index (χ3n) is 6.88. The van der Waals surface area contributed by atoms with Crippen LogP contribution in [0.15, 0.2) is 36.7 Å². The number of hydrogen-bond acceptors (Lipinski definition) is 6. The highest BCUT2D eigenvalue weighted by molar-refractivity contribution is 6.32. The molecule has 5 rings (SSSR count). The fourth-order valence-electron chi connectivity index (χ4n) is 4.99. The lowest BCUT2D eigenvalue weighted by Crippen LogP contribution is -2.35. The quantitative estimate of drug-likeness (QED) is 0.286. The van der Waals surface area contributed by atoms with Crippen molar-refractivity contribution in [2.75, 3.05) is 32.2 Å². The van der Waals surface area contributed by atoms with Crippen LogP contribution in [0.25, 0.3) is 11.3 Å². The van der Waals surface area contributed by atoms with Crippen molar-refractivity contribution in [3.05, 3.63) is 52.9 Å². The molecule has 2 aromatic heterocycles. The van der Waals surface area contributed by atoms with Gasteiger partial charge < -0.3 is 29.8 Å². The smallest absolute Gasteiger partial charge is 0.389 e. The van der Waals surface area contributed by atoms with E-state index in [9.17, 15) is 18.0 Å². The molecule has 1 unspecified atom stereocenters. The van der Waals surface area contributed by atoms with Crippen LogP contribution in [-0.2, 0) is 4.74 Å². The van der Waals surface area contributed by atoms with Crippen LogP contribution in [-0.4, -0.2) is 55.0 Å². The minimum Gasteiger partial charge on any atom is -0.493 e. The van der Waals surface area contributed by atoms with Crippen LogP contribution in [0.5, 0.6) is 11.5 Å². The van der Waals surface area contributed by atoms with Crippen molar-refractivity contribution in [2.24, 2.45) is 0 Å². The second kappa shape index (κ2) is 11.4. The van der Waals surface area contributed by atoms with Crippen LogP contribution in [0.4, 0.5) is 24.5 Å². The first-order valence-electron chi connectivity index (χ1n) is 12.6. The van der Waals surface area contributed by atoms with E-state index in [1.807, 2.05) is 0 Å². The van der Waals surface area contributed by atoms with Gasteiger partial charge in [0.2, 0.25) is 0 Å². The highest BCUT2D eigenvalue weighted by Crippen LogP contribution is 2.45. The van der Waals surface area contributed by atoms with Gasteiger partial charge in [-0.05, 0) is 37.5 Å². The van der Waals surface area contributed by atoms with Crippen molar-refractivity contribution in [1.82, 2.24) is 15.3 Å². The Labute approximate surface area is 228 Å². The van der Waals surface area contributed by atoms with Crippen LogP contribution in [0.2, 0.25) is 5.02 Å². The molecule has 2 aliphatic rings. The second-order valence-corrected chi connectivity index (χ2v) is 9.90. The summed E-state index contributed by atoms with van der Waals surface area (Å²) < 4.78 is 56.6. The normalized spacial score (nSPS) is 18.9. The van der Waals surface area contributed by atoms with Crippen molar-refractivity contribution < 1.29 is 32.2 Å². The van der Waals surface area contributed by atoms with Crippen LogP contribution in [0, 0.1) is 0 Å². The molecule has 208 valence electrons. The Kier molecular flexibility index (Phi) is 7.90. The van der Waals surface area contributed by atoms with Crippen molar-refractivity contribution in [3.63, 3.8) is 0 Å². The first-order chi connectivity index (χ1) is 18.7. The number of methoxy groups -OCH3 is 1. The third kappa shape index (κ3) is 5.94. The van der Waals surface area contributed by atoms with Gasteiger partial charge in [0.15, 0.2) is 5.75 Å². The van der Waals surface area contributed by atoms with Crippen molar-refractivity contribution >= 4 is 28.9 Å². The van der Waals surface area contributed by atoms with Gasteiger partial charge >= 0.3 is 6.18 Å². The summed E-state index contributed by atoms with van der Waals surface area (Å²) in [6.45, 7) is 1.08. The number of amides is 1. The Morgan fingerprint density at radius 1 is 1.28 bits per heavy atom. The number of carbonyl (C=O) groups is 1. The summed E-state index contributed by atoms with van der Waals surface area (Å²) in [5.41, 5.74) is 2.56. The number of aromatic amines is 1. The van der Waals surface area contributed by atoms with E-state index < -0.39 is 24.4 Å². The summed E-state index contributed by atoms with van der Waals surface area (Å²) in [5.74, 6) is -0.183. The van der Waals surface area contributed by atoms with Gasteiger partial charge in [0, 0.05) is 42.9 Å². The molecule has 12 heteroatoms. The number of H-pyrrole nitrogens is 1. The van der Waals surface area contributed by atoms with E-state index in [0.717, 1.165) is 12.8 Å². The van der Waals surface area contributed by atoms with Gasteiger partial charge in [0.1, 0.15) is 12.4 Å². The van der Waals surface area contributed by atoms with Gasteiger partial charge in [0.05, 0.1) is 47.1 Å². The number of halogens is 4. The Balaban J connectivity index is 1.60. The Hall–Kier alpha value is -3.44. The van der Waals surface area contributed by atoms with Gasteiger partial charge in [-0.3, -0.25) is 9.78 Å². The monoisotopic (exact) mass is 564 g/mol. The largest absolute Gasteiger partial charge is 0.493 e. The Bertz CT molecular complexity index is 1340. The summed E-state index contributed by atoms with van der Waals surface area (Å²) in [7, 11) is 1.47. The maximum absolute atomic E-state index is 13.2. The van der Waals surface area contributed by atoms with E-state index >= 15 is 0 Å². The van der Waals surface area contributed by atoms with Gasteiger partial charge in [-0.1, -0.05) is 17.7 Å². The molecule has 1 fully saturated rings. The predicted octanol–water partition coefficient (Wildman–Crippen LogP) is 6.21. The molecule has 1 saturated heterocycles. The number of pyridine rings is 1. The first-order valence-corrected chi connectivity index (χ1v) is 13.0. The van der Waals surface area contributed by atoms with Crippen molar-refractivity contribution in [2.45, 2.75) is 43.9 Å². The molecule has 0 radical (unpaired) electrons.